The van der Waals surface area contributed by atoms with E-state index >= 15 is 0 Å². The molecule has 1 radical (unpaired) electrons. The maximum Gasteiger partial charge on any atom is 0.433 e. The Kier molecular flexibility index (Phi) is 7.66. The van der Waals surface area contributed by atoms with Crippen molar-refractivity contribution >= 4 is 11.0 Å². The van der Waals surface area contributed by atoms with Crippen molar-refractivity contribution in [2.24, 2.45) is 0 Å². The fraction of sp³-hybridized carbons (Fsp3) is 0.464. The molecule has 1 atom stereocenters. The Morgan fingerprint density at radius 3 is 2.76 bits per heavy atom. The molecule has 217 valence electrons. The lowest BCUT2D eigenvalue weighted by Crippen LogP contribution is -2.50. The average Bonchev–Trinajstić information content (AvgIpc) is 3.58. The number of nitrogens with one attached hydrogen (secondary N) is 2. The van der Waals surface area contributed by atoms with Gasteiger partial charge in [0, 0.05) is 61.6 Å². The van der Waals surface area contributed by atoms with Gasteiger partial charge in [-0.2, -0.15) is 18.3 Å². The van der Waals surface area contributed by atoms with E-state index in [1.807, 2.05) is 29.3 Å². The van der Waals surface area contributed by atoms with E-state index in [4.69, 9.17) is 4.74 Å². The summed E-state index contributed by atoms with van der Waals surface area (Å²) in [5.41, 5.74) is 2.02. The Morgan fingerprint density at radius 1 is 1.20 bits per heavy atom. The third kappa shape index (κ3) is 6.21. The molecule has 0 bridgehead atoms. The van der Waals surface area contributed by atoms with Gasteiger partial charge in [-0.05, 0) is 50.3 Å². The average molecular weight is 570 g/mol. The number of rotatable bonds is 9. The first kappa shape index (κ1) is 27.6. The van der Waals surface area contributed by atoms with Crippen molar-refractivity contribution in [3.63, 3.8) is 0 Å². The molecule has 5 heterocycles. The van der Waals surface area contributed by atoms with E-state index in [2.05, 4.69) is 35.3 Å². The number of likely N-dealkylation sites (tertiary alicyclic amines) is 1. The number of H-pyrrole nitrogens is 1. The van der Waals surface area contributed by atoms with E-state index in [0.29, 0.717) is 24.4 Å². The molecule has 0 spiro atoms. The molecule has 0 amide bonds. The summed E-state index contributed by atoms with van der Waals surface area (Å²) in [6.07, 6.45) is 5.11. The van der Waals surface area contributed by atoms with Gasteiger partial charge in [0.25, 0.3) is 0 Å². The second-order valence-electron chi connectivity index (χ2n) is 10.8. The maximum absolute atomic E-state index is 13.5. The van der Waals surface area contributed by atoms with Crippen LogP contribution in [0.2, 0.25) is 0 Å². The van der Waals surface area contributed by atoms with Crippen LogP contribution in [0.25, 0.3) is 22.3 Å². The van der Waals surface area contributed by atoms with Crippen LogP contribution in [-0.2, 0) is 12.7 Å². The van der Waals surface area contributed by atoms with Gasteiger partial charge in [0.15, 0.2) is 0 Å². The van der Waals surface area contributed by atoms with Crippen LogP contribution >= 0.6 is 0 Å². The number of ether oxygens (including phenoxy) is 1. The number of piperidine rings is 1. The number of aliphatic hydroxyl groups excluding tert-OH is 1. The lowest BCUT2D eigenvalue weighted by molar-refractivity contribution is -0.141. The van der Waals surface area contributed by atoms with Crippen LogP contribution in [0.4, 0.5) is 13.2 Å². The molecule has 1 aliphatic carbocycles. The van der Waals surface area contributed by atoms with E-state index in [1.54, 1.807) is 19.3 Å². The number of aromatic nitrogens is 6. The van der Waals surface area contributed by atoms with Crippen LogP contribution in [0, 0.1) is 6.04 Å². The molecule has 2 fully saturated rings. The predicted octanol–water partition coefficient (Wildman–Crippen LogP) is 3.79. The summed E-state index contributed by atoms with van der Waals surface area (Å²) in [7, 11) is 0. The minimum absolute atomic E-state index is 0.0125. The number of pyridine rings is 1. The van der Waals surface area contributed by atoms with E-state index in [0.717, 1.165) is 54.3 Å². The summed E-state index contributed by atoms with van der Waals surface area (Å²) in [5.74, 6) is -0.0125. The Labute approximate surface area is 235 Å². The Morgan fingerprint density at radius 2 is 2.00 bits per heavy atom. The molecule has 4 aromatic rings. The molecule has 3 N–H and O–H groups in total. The Balaban J connectivity index is 1.02. The van der Waals surface area contributed by atoms with Crippen LogP contribution in [0.15, 0.2) is 43.1 Å². The van der Waals surface area contributed by atoms with Crippen LogP contribution in [0.5, 0.6) is 5.88 Å². The third-order valence-electron chi connectivity index (χ3n) is 7.68. The maximum atomic E-state index is 13.5. The third-order valence-corrected chi connectivity index (χ3v) is 7.68. The summed E-state index contributed by atoms with van der Waals surface area (Å²) in [6, 6.07) is 6.17. The minimum Gasteiger partial charge on any atom is -0.474 e. The van der Waals surface area contributed by atoms with Crippen LogP contribution < -0.4 is 10.1 Å². The highest BCUT2D eigenvalue weighted by molar-refractivity contribution is 5.90. The second-order valence-corrected chi connectivity index (χ2v) is 10.8. The van der Waals surface area contributed by atoms with Crippen molar-refractivity contribution < 1.29 is 23.0 Å². The van der Waals surface area contributed by atoms with E-state index in [-0.39, 0.29) is 25.1 Å². The van der Waals surface area contributed by atoms with Gasteiger partial charge in [-0.1, -0.05) is 0 Å². The molecule has 1 aliphatic heterocycles. The summed E-state index contributed by atoms with van der Waals surface area (Å²) in [6.45, 7) is 3.68. The fourth-order valence-electron chi connectivity index (χ4n) is 5.47. The molecule has 4 aromatic heterocycles. The molecule has 1 saturated heterocycles. The van der Waals surface area contributed by atoms with Crippen LogP contribution in [-0.4, -0.2) is 77.6 Å². The highest BCUT2D eigenvalue weighted by Gasteiger charge is 2.38. The lowest BCUT2D eigenvalue weighted by Gasteiger charge is -2.45. The monoisotopic (exact) mass is 569 g/mol. The molecule has 13 heteroatoms. The highest BCUT2D eigenvalue weighted by Crippen LogP contribution is 2.37. The van der Waals surface area contributed by atoms with Gasteiger partial charge in [-0.3, -0.25) is 9.58 Å². The van der Waals surface area contributed by atoms with Crippen molar-refractivity contribution in [1.29, 1.82) is 0 Å². The first-order valence-electron chi connectivity index (χ1n) is 13.8. The van der Waals surface area contributed by atoms with Crippen molar-refractivity contribution in [3.05, 3.63) is 60.4 Å². The summed E-state index contributed by atoms with van der Waals surface area (Å²) >= 11 is 0. The Hall–Kier alpha value is -3.55. The fourth-order valence-corrected chi connectivity index (χ4v) is 5.47. The SMILES string of the molecule is C[C@@H](O)CNCc1cc(OC2CCN(C3C[C](n4cc(-c5ncnc6[nH]ccc56)cn4)C3)CC2)nc(C(F)(F)F)c1. The molecule has 1 saturated carbocycles. The number of hydrogen-bond donors (Lipinski definition) is 3. The second kappa shape index (κ2) is 11.4. The van der Waals surface area contributed by atoms with Crippen LogP contribution in [0.1, 0.15) is 43.9 Å². The number of aromatic amines is 1. The molecule has 0 unspecified atom stereocenters. The van der Waals surface area contributed by atoms with Gasteiger partial charge in [0.1, 0.15) is 23.8 Å². The lowest BCUT2D eigenvalue weighted by atomic mass is 9.84. The standard InChI is InChI=1S/C28H32F3N8O2/c1-17(40)12-32-13-18-8-24(28(29,30)31)37-25(9-18)41-22-3-6-38(7-4-22)20-10-21(11-20)39-15-19(14-36-39)26-23-2-5-33-27(23)35-16-34-26/h2,5,8-9,14-17,20,22,32,40H,3-4,6-7,10-13H2,1H3,(H,33,34,35)/t17-/m1/s1. The molecular formula is C28H32F3N8O2. The Bertz CT molecular complexity index is 1470. The molecule has 41 heavy (non-hydrogen) atoms. The van der Waals surface area contributed by atoms with Crippen molar-refractivity contribution in [2.45, 2.75) is 63.6 Å². The van der Waals surface area contributed by atoms with Gasteiger partial charge < -0.3 is 20.1 Å². The first-order valence-corrected chi connectivity index (χ1v) is 13.8. The van der Waals surface area contributed by atoms with E-state index in [9.17, 15) is 18.3 Å². The minimum atomic E-state index is -4.57. The zero-order chi connectivity index (χ0) is 28.6. The topological polar surface area (TPSA) is 117 Å². The number of nitrogens with zero attached hydrogens (tertiary/aromatic N) is 6. The molecule has 0 aromatic carbocycles. The molecule has 10 nitrogen and oxygen atoms in total. The summed E-state index contributed by atoms with van der Waals surface area (Å²) in [5, 5.41) is 17.9. The van der Waals surface area contributed by atoms with Gasteiger partial charge in [-0.15, -0.1) is 0 Å². The number of fused-ring (bicyclic) bond motifs is 1. The quantitative estimate of drug-likeness (QED) is 0.279. The van der Waals surface area contributed by atoms with Crippen molar-refractivity contribution in [2.75, 3.05) is 19.6 Å². The normalized spacial score (nSPS) is 18.6. The number of aliphatic hydroxyl groups is 1. The predicted molar refractivity (Wildman–Crippen MR) is 145 cm³/mol. The number of halogens is 3. The summed E-state index contributed by atoms with van der Waals surface area (Å²) < 4.78 is 48.3. The number of hydrogen-bond acceptors (Lipinski definition) is 8. The smallest absolute Gasteiger partial charge is 0.433 e. The molecule has 2 aliphatic rings. The zero-order valence-electron chi connectivity index (χ0n) is 22.6. The molecular weight excluding hydrogens is 537 g/mol. The van der Waals surface area contributed by atoms with Gasteiger partial charge in [-0.25, -0.2) is 15.0 Å². The summed E-state index contributed by atoms with van der Waals surface area (Å²) in [4.78, 5) is 18.0. The number of alkyl halides is 3. The zero-order valence-corrected chi connectivity index (χ0v) is 22.6. The van der Waals surface area contributed by atoms with Gasteiger partial charge in [0.05, 0.1) is 24.0 Å². The highest BCUT2D eigenvalue weighted by atomic mass is 19.4. The van der Waals surface area contributed by atoms with E-state index < -0.39 is 18.0 Å². The van der Waals surface area contributed by atoms with E-state index in [1.165, 1.54) is 6.04 Å². The largest absolute Gasteiger partial charge is 0.474 e. The first-order chi connectivity index (χ1) is 19.7. The van der Waals surface area contributed by atoms with Gasteiger partial charge >= 0.3 is 6.18 Å². The molecule has 6 rings (SSSR count). The van der Waals surface area contributed by atoms with Crippen molar-refractivity contribution in [3.8, 4) is 17.1 Å². The van der Waals surface area contributed by atoms with Crippen molar-refractivity contribution in [1.82, 2.24) is 39.9 Å². The van der Waals surface area contributed by atoms with Gasteiger partial charge in [0.2, 0.25) is 5.88 Å². The van der Waals surface area contributed by atoms with Crippen LogP contribution in [0.3, 0.4) is 0 Å².